The molecule has 1 atom stereocenters. The van der Waals surface area contributed by atoms with E-state index in [9.17, 15) is 55.9 Å². The normalized spacial score (nSPS) is 13.3. The molecule has 17 heteroatoms. The summed E-state index contributed by atoms with van der Waals surface area (Å²) < 4.78 is 5.07. The Bertz CT molecular complexity index is 1320. The Hall–Kier alpha value is -3.78. The zero-order valence-electron chi connectivity index (χ0n) is 20.0. The number of nitrogens with zero attached hydrogens (tertiary/aromatic N) is 1. The molecule has 0 aliphatic heterocycles. The average molecular weight is 571 g/mol. The highest BCUT2D eigenvalue weighted by Crippen LogP contribution is 2.53. The van der Waals surface area contributed by atoms with E-state index in [-0.39, 0.29) is 10.7 Å². The fraction of sp³-hybridized carbons (Fsp3) is 0.273. The third-order valence-electron chi connectivity index (χ3n) is 5.53. The quantitative estimate of drug-likeness (QED) is 0.0718. The van der Waals surface area contributed by atoms with Crippen molar-refractivity contribution in [2.45, 2.75) is 23.6 Å². The number of nitrogens with one attached hydrogen (secondary N) is 2. The molecule has 0 fully saturated rings. The van der Waals surface area contributed by atoms with Crippen molar-refractivity contribution < 1.29 is 60.6 Å². The predicted molar refractivity (Wildman–Crippen MR) is 132 cm³/mol. The van der Waals surface area contributed by atoms with Crippen molar-refractivity contribution in [1.82, 2.24) is 10.3 Å². The maximum atomic E-state index is 12.4. The number of nitrogens with two attached hydrogens (primary N) is 1. The molecule has 0 saturated heterocycles. The minimum atomic E-state index is -3.41. The van der Waals surface area contributed by atoms with Gasteiger partial charge in [0.25, 0.3) is 17.6 Å². The van der Waals surface area contributed by atoms with Crippen LogP contribution in [0.1, 0.15) is 22.9 Å². The van der Waals surface area contributed by atoms with Crippen molar-refractivity contribution in [3.63, 3.8) is 0 Å². The summed E-state index contributed by atoms with van der Waals surface area (Å²) in [5, 5.41) is 108. The standard InChI is InChI=1S/C22H26N4O12S/c1-38-17(9-5-3-2-4-6-9)22(36,37)24-8-20(32,33)11-13(27)15(29)12(16(30)14(11)28)26-18(31)21(34,35)10-7-39-19(23)25-10/h2-7,17,24,27-30,32-37H,8H2,1H3,(H2,23,25)(H,26,31). The maximum absolute atomic E-state index is 12.4. The Balaban J connectivity index is 1.89. The van der Waals surface area contributed by atoms with Crippen molar-refractivity contribution in [2.24, 2.45) is 0 Å². The van der Waals surface area contributed by atoms with E-state index in [2.05, 4.69) is 4.98 Å². The van der Waals surface area contributed by atoms with Gasteiger partial charge in [-0.05, 0) is 5.56 Å². The zero-order chi connectivity index (χ0) is 29.3. The molecule has 3 rings (SSSR count). The average Bonchev–Trinajstić information content (AvgIpc) is 3.32. The number of benzene rings is 2. The number of nitrogen functional groups attached to an aromatic ring is 1. The lowest BCUT2D eigenvalue weighted by Gasteiger charge is -2.34. The second kappa shape index (κ2) is 10.8. The lowest BCUT2D eigenvalue weighted by molar-refractivity contribution is -0.270. The van der Waals surface area contributed by atoms with Crippen LogP contribution in [0.3, 0.4) is 0 Å². The fourth-order valence-electron chi connectivity index (χ4n) is 3.56. The Morgan fingerprint density at radius 3 is 2.05 bits per heavy atom. The molecule has 0 saturated carbocycles. The zero-order valence-corrected chi connectivity index (χ0v) is 20.8. The van der Waals surface area contributed by atoms with Gasteiger partial charge in [-0.3, -0.25) is 10.1 Å². The van der Waals surface area contributed by atoms with E-state index in [1.807, 2.05) is 5.32 Å². The van der Waals surface area contributed by atoms with Gasteiger partial charge in [0.2, 0.25) is 5.79 Å². The largest absolute Gasteiger partial charge is 0.504 e. The summed E-state index contributed by atoms with van der Waals surface area (Å²) in [7, 11) is 1.14. The van der Waals surface area contributed by atoms with E-state index in [0.717, 1.165) is 23.8 Å². The third kappa shape index (κ3) is 5.81. The molecule has 16 nitrogen and oxygen atoms in total. The van der Waals surface area contributed by atoms with Gasteiger partial charge in [-0.2, -0.15) is 0 Å². The van der Waals surface area contributed by atoms with E-state index < -0.39 is 76.0 Å². The van der Waals surface area contributed by atoms with Crippen molar-refractivity contribution >= 4 is 28.1 Å². The van der Waals surface area contributed by atoms with Crippen LogP contribution < -0.4 is 16.4 Å². The summed E-state index contributed by atoms with van der Waals surface area (Å²) >= 11 is 0.762. The highest BCUT2D eigenvalue weighted by molar-refractivity contribution is 7.13. The molecular weight excluding hydrogens is 544 g/mol. The monoisotopic (exact) mass is 570 g/mol. The third-order valence-corrected chi connectivity index (χ3v) is 6.20. The number of thiazole rings is 1. The lowest BCUT2D eigenvalue weighted by Crippen LogP contribution is -2.55. The number of anilines is 2. The smallest absolute Gasteiger partial charge is 0.291 e. The van der Waals surface area contributed by atoms with Crippen molar-refractivity contribution in [1.29, 1.82) is 0 Å². The molecule has 1 heterocycles. The molecule has 1 unspecified atom stereocenters. The summed E-state index contributed by atoms with van der Waals surface area (Å²) in [4.78, 5) is 16.0. The van der Waals surface area contributed by atoms with Crippen molar-refractivity contribution in [3.8, 4) is 23.0 Å². The van der Waals surface area contributed by atoms with Gasteiger partial charge in [-0.1, -0.05) is 30.3 Å². The fourth-order valence-corrected chi connectivity index (χ4v) is 4.16. The molecule has 2 aromatic carbocycles. The van der Waals surface area contributed by atoms with E-state index >= 15 is 0 Å². The van der Waals surface area contributed by atoms with Crippen LogP contribution in [-0.4, -0.2) is 81.5 Å². The number of rotatable bonds is 10. The van der Waals surface area contributed by atoms with Gasteiger partial charge in [-0.15, -0.1) is 11.3 Å². The molecule has 0 spiro atoms. The van der Waals surface area contributed by atoms with E-state index in [1.165, 1.54) is 12.1 Å². The summed E-state index contributed by atoms with van der Waals surface area (Å²) in [5.74, 6) is -17.3. The Kier molecular flexibility index (Phi) is 8.22. The maximum Gasteiger partial charge on any atom is 0.291 e. The van der Waals surface area contributed by atoms with Crippen LogP contribution >= 0.6 is 11.3 Å². The number of aliphatic hydroxyl groups is 6. The summed E-state index contributed by atoms with van der Waals surface area (Å²) in [6, 6.07) is 7.77. The molecule has 1 amide bonds. The van der Waals surface area contributed by atoms with Gasteiger partial charge in [0.15, 0.2) is 34.2 Å². The van der Waals surface area contributed by atoms with Crippen LogP contribution in [0.4, 0.5) is 10.8 Å². The van der Waals surface area contributed by atoms with Crippen LogP contribution in [0, 0.1) is 0 Å². The van der Waals surface area contributed by atoms with Crippen LogP contribution in [0.25, 0.3) is 0 Å². The van der Waals surface area contributed by atoms with E-state index in [4.69, 9.17) is 10.5 Å². The number of amides is 1. The Morgan fingerprint density at radius 1 is 1.00 bits per heavy atom. The molecule has 39 heavy (non-hydrogen) atoms. The molecule has 212 valence electrons. The van der Waals surface area contributed by atoms with Crippen LogP contribution in [0.15, 0.2) is 35.7 Å². The molecular formula is C22H26N4O12S. The number of methoxy groups -OCH3 is 1. The lowest BCUT2D eigenvalue weighted by atomic mass is 9.99. The summed E-state index contributed by atoms with van der Waals surface area (Å²) in [6.07, 6.45) is -1.47. The predicted octanol–water partition coefficient (Wildman–Crippen LogP) is -1.92. The van der Waals surface area contributed by atoms with Crippen molar-refractivity contribution in [3.05, 3.63) is 52.5 Å². The number of phenols is 4. The number of carbonyl (C=O) groups is 1. The number of ether oxygens (including phenoxy) is 1. The van der Waals surface area contributed by atoms with E-state index in [1.54, 1.807) is 23.5 Å². The number of phenolic OH excluding ortho intramolecular Hbond substituents is 4. The van der Waals surface area contributed by atoms with Gasteiger partial charge in [0.1, 0.15) is 16.9 Å². The highest BCUT2D eigenvalue weighted by Gasteiger charge is 2.44. The first kappa shape index (κ1) is 29.8. The van der Waals surface area contributed by atoms with Gasteiger partial charge < -0.3 is 66.9 Å². The van der Waals surface area contributed by atoms with Crippen LogP contribution in [0.2, 0.25) is 0 Å². The molecule has 0 bridgehead atoms. The topological polar surface area (TPSA) is 292 Å². The second-order valence-corrected chi connectivity index (χ2v) is 9.15. The molecule has 1 aromatic heterocycles. The number of aromatic hydroxyl groups is 4. The molecule has 0 radical (unpaired) electrons. The Morgan fingerprint density at radius 2 is 1.56 bits per heavy atom. The number of hydrogen-bond acceptors (Lipinski definition) is 16. The Labute approximate surface area is 223 Å². The van der Waals surface area contributed by atoms with Gasteiger partial charge in [0.05, 0.1) is 6.54 Å². The number of hydrogen-bond donors (Lipinski definition) is 13. The molecule has 3 aromatic rings. The molecule has 0 aliphatic rings. The minimum Gasteiger partial charge on any atom is -0.504 e. The summed E-state index contributed by atoms with van der Waals surface area (Å²) in [5.41, 5.74) is 2.57. The first-order valence-corrected chi connectivity index (χ1v) is 11.6. The second-order valence-electron chi connectivity index (χ2n) is 8.26. The van der Waals surface area contributed by atoms with Crippen LogP contribution in [0.5, 0.6) is 23.0 Å². The first-order chi connectivity index (χ1) is 18.0. The van der Waals surface area contributed by atoms with Crippen molar-refractivity contribution in [2.75, 3.05) is 24.7 Å². The van der Waals surface area contributed by atoms with Gasteiger partial charge in [-0.25, -0.2) is 4.98 Å². The molecule has 0 aliphatic carbocycles. The SMILES string of the molecule is COC(c1ccccc1)C(O)(O)NCC(O)(O)c1c(O)c(O)c(NC(=O)C(O)(O)c2csc(N)n2)c(O)c1O. The highest BCUT2D eigenvalue weighted by atomic mass is 32.1. The van der Waals surface area contributed by atoms with Gasteiger partial charge >= 0.3 is 0 Å². The van der Waals surface area contributed by atoms with E-state index in [0.29, 0.717) is 0 Å². The minimum absolute atomic E-state index is 0.123. The molecule has 14 N–H and O–H groups in total. The first-order valence-electron chi connectivity index (χ1n) is 10.7. The van der Waals surface area contributed by atoms with Gasteiger partial charge in [0, 0.05) is 12.5 Å². The number of aromatic nitrogens is 1. The van der Waals surface area contributed by atoms with Crippen LogP contribution in [-0.2, 0) is 21.1 Å². The summed E-state index contributed by atoms with van der Waals surface area (Å²) in [6.45, 7) is -1.25. The number of carbonyl (C=O) groups excluding carboxylic acids is 1.